The number of anilines is 1. The molecule has 154 valence electrons. The van der Waals surface area contributed by atoms with Gasteiger partial charge in [0.2, 0.25) is 5.91 Å². The van der Waals surface area contributed by atoms with Gasteiger partial charge in [-0.2, -0.15) is 4.68 Å². The molecule has 1 aliphatic carbocycles. The second kappa shape index (κ2) is 9.46. The highest BCUT2D eigenvalue weighted by Gasteiger charge is 2.28. The topological polar surface area (TPSA) is 128 Å². The van der Waals surface area contributed by atoms with Crippen molar-refractivity contribution in [2.75, 3.05) is 11.9 Å². The Hall–Kier alpha value is -3.01. The lowest BCUT2D eigenvalue weighted by Gasteiger charge is -2.28. The number of benzene rings is 1. The summed E-state index contributed by atoms with van der Waals surface area (Å²) >= 11 is 6.01. The van der Waals surface area contributed by atoms with Gasteiger partial charge in [-0.25, -0.2) is 4.79 Å². The molecule has 29 heavy (non-hydrogen) atoms. The third-order valence-electron chi connectivity index (χ3n) is 4.63. The number of halogens is 1. The van der Waals surface area contributed by atoms with Crippen molar-refractivity contribution in [2.24, 2.45) is 5.92 Å². The zero-order valence-electron chi connectivity index (χ0n) is 15.8. The van der Waals surface area contributed by atoms with E-state index < -0.39 is 24.5 Å². The number of hydrogen-bond acceptors (Lipinski definition) is 7. The Labute approximate surface area is 171 Å². The fraction of sp³-hybridized carbons (Fsp3) is 0.444. The normalized spacial score (nSPS) is 14.6. The summed E-state index contributed by atoms with van der Waals surface area (Å²) in [5, 5.41) is 16.5. The van der Waals surface area contributed by atoms with E-state index in [1.54, 1.807) is 12.1 Å². The summed E-state index contributed by atoms with van der Waals surface area (Å²) in [5.41, 5.74) is 0.860. The molecule has 1 aromatic carbocycles. The maximum Gasteiger partial charge on any atom is 0.329 e. The van der Waals surface area contributed by atoms with Crippen LogP contribution in [0, 0.1) is 5.92 Å². The molecule has 3 rings (SSSR count). The van der Waals surface area contributed by atoms with Gasteiger partial charge in [-0.1, -0.05) is 30.9 Å². The van der Waals surface area contributed by atoms with Crippen LogP contribution in [0.5, 0.6) is 0 Å². The van der Waals surface area contributed by atoms with E-state index in [2.05, 4.69) is 26.2 Å². The van der Waals surface area contributed by atoms with Gasteiger partial charge in [-0.05, 0) is 41.0 Å². The molecule has 2 amide bonds. The molecule has 0 radical (unpaired) electrons. The van der Waals surface area contributed by atoms with Crippen LogP contribution < -0.4 is 10.6 Å². The molecule has 2 aromatic rings. The van der Waals surface area contributed by atoms with Crippen molar-refractivity contribution in [3.63, 3.8) is 0 Å². The standard InChI is InChI=1S/C18H21ClN6O4/c1-11(26)21-15(7-12-3-2-4-12)18(28)29-9-17(27)22-14-8-13(19)5-6-16(14)25-10-20-23-24-25/h5-6,8,10,12,15H,2-4,7,9H2,1H3,(H,21,26)(H,22,27). The monoisotopic (exact) mass is 420 g/mol. The molecule has 2 N–H and O–H groups in total. The number of rotatable bonds is 8. The highest BCUT2D eigenvalue weighted by molar-refractivity contribution is 6.31. The zero-order chi connectivity index (χ0) is 20.8. The predicted octanol–water partition coefficient (Wildman–Crippen LogP) is 1.49. The van der Waals surface area contributed by atoms with Crippen molar-refractivity contribution < 1.29 is 19.1 Å². The fourth-order valence-electron chi connectivity index (χ4n) is 3.02. The first kappa shape index (κ1) is 20.7. The van der Waals surface area contributed by atoms with E-state index >= 15 is 0 Å². The van der Waals surface area contributed by atoms with E-state index in [0.717, 1.165) is 19.3 Å². The summed E-state index contributed by atoms with van der Waals surface area (Å²) in [4.78, 5) is 36.0. The molecule has 1 saturated carbocycles. The summed E-state index contributed by atoms with van der Waals surface area (Å²) in [6, 6.07) is 4.06. The van der Waals surface area contributed by atoms with Crippen LogP contribution in [0.4, 0.5) is 5.69 Å². The number of hydrogen-bond donors (Lipinski definition) is 2. The van der Waals surface area contributed by atoms with Crippen LogP contribution in [-0.2, 0) is 19.1 Å². The quantitative estimate of drug-likeness (QED) is 0.619. The Morgan fingerprint density at radius 3 is 2.76 bits per heavy atom. The van der Waals surface area contributed by atoms with Gasteiger partial charge < -0.3 is 15.4 Å². The Balaban J connectivity index is 1.59. The molecule has 1 aromatic heterocycles. The summed E-state index contributed by atoms with van der Waals surface area (Å²) in [7, 11) is 0. The van der Waals surface area contributed by atoms with Crippen LogP contribution in [-0.4, -0.2) is 50.6 Å². The Morgan fingerprint density at radius 1 is 1.34 bits per heavy atom. The number of esters is 1. The molecule has 1 unspecified atom stereocenters. The largest absolute Gasteiger partial charge is 0.454 e. The van der Waals surface area contributed by atoms with Gasteiger partial charge >= 0.3 is 5.97 Å². The van der Waals surface area contributed by atoms with Gasteiger partial charge in [-0.3, -0.25) is 9.59 Å². The second-order valence-corrected chi connectivity index (χ2v) is 7.29. The maximum absolute atomic E-state index is 12.4. The average molecular weight is 421 g/mol. The second-order valence-electron chi connectivity index (χ2n) is 6.86. The summed E-state index contributed by atoms with van der Waals surface area (Å²) in [6.45, 7) is 0.842. The molecule has 1 heterocycles. The molecule has 1 fully saturated rings. The van der Waals surface area contributed by atoms with E-state index in [1.807, 2.05) is 0 Å². The third kappa shape index (κ3) is 5.74. The number of carbonyl (C=O) groups excluding carboxylic acids is 3. The molecular formula is C18H21ClN6O4. The number of aromatic nitrogens is 4. The SMILES string of the molecule is CC(=O)NC(CC1CCC1)C(=O)OCC(=O)Nc1cc(Cl)ccc1-n1cnnn1. The van der Waals surface area contributed by atoms with Crippen molar-refractivity contribution in [2.45, 2.75) is 38.6 Å². The first-order valence-electron chi connectivity index (χ1n) is 9.19. The van der Waals surface area contributed by atoms with Crippen LogP contribution in [0.1, 0.15) is 32.6 Å². The zero-order valence-corrected chi connectivity index (χ0v) is 16.6. The van der Waals surface area contributed by atoms with Crippen LogP contribution in [0.15, 0.2) is 24.5 Å². The molecule has 11 heteroatoms. The molecular weight excluding hydrogens is 400 g/mol. The smallest absolute Gasteiger partial charge is 0.329 e. The fourth-order valence-corrected chi connectivity index (χ4v) is 3.20. The molecule has 0 saturated heterocycles. The number of tetrazole rings is 1. The van der Waals surface area contributed by atoms with Crippen molar-refractivity contribution in [1.29, 1.82) is 0 Å². The van der Waals surface area contributed by atoms with E-state index in [1.165, 1.54) is 24.0 Å². The van der Waals surface area contributed by atoms with E-state index in [-0.39, 0.29) is 5.91 Å². The number of amides is 2. The highest BCUT2D eigenvalue weighted by Crippen LogP contribution is 2.30. The third-order valence-corrected chi connectivity index (χ3v) is 4.86. The minimum atomic E-state index is -0.756. The first-order valence-corrected chi connectivity index (χ1v) is 9.56. The highest BCUT2D eigenvalue weighted by atomic mass is 35.5. The molecule has 1 aliphatic rings. The van der Waals surface area contributed by atoms with Crippen LogP contribution >= 0.6 is 11.6 Å². The van der Waals surface area contributed by atoms with Gasteiger partial charge in [0.25, 0.3) is 5.91 Å². The Morgan fingerprint density at radius 2 is 2.14 bits per heavy atom. The van der Waals surface area contributed by atoms with Crippen LogP contribution in [0.25, 0.3) is 5.69 Å². The lowest BCUT2D eigenvalue weighted by Crippen LogP contribution is -2.43. The molecule has 10 nitrogen and oxygen atoms in total. The number of ether oxygens (including phenoxy) is 1. The molecule has 0 bridgehead atoms. The number of nitrogens with zero attached hydrogens (tertiary/aromatic N) is 4. The van der Waals surface area contributed by atoms with Crippen LogP contribution in [0.3, 0.4) is 0 Å². The minimum absolute atomic E-state index is 0.319. The summed E-state index contributed by atoms with van der Waals surface area (Å²) in [5.74, 6) is -1.12. The number of carbonyl (C=O) groups is 3. The van der Waals surface area contributed by atoms with E-state index in [4.69, 9.17) is 16.3 Å². The summed E-state index contributed by atoms with van der Waals surface area (Å²) in [6.07, 6.45) is 5.06. The lowest BCUT2D eigenvalue weighted by atomic mass is 9.81. The van der Waals surface area contributed by atoms with Gasteiger partial charge in [0.05, 0.1) is 11.4 Å². The van der Waals surface area contributed by atoms with Crippen LogP contribution in [0.2, 0.25) is 5.02 Å². The first-order chi connectivity index (χ1) is 13.9. The van der Waals surface area contributed by atoms with Crippen molar-refractivity contribution in [1.82, 2.24) is 25.5 Å². The lowest BCUT2D eigenvalue weighted by molar-refractivity contribution is -0.151. The maximum atomic E-state index is 12.4. The average Bonchev–Trinajstić information content (AvgIpc) is 3.16. The molecule has 1 atom stereocenters. The van der Waals surface area contributed by atoms with Crippen molar-refractivity contribution in [3.8, 4) is 5.69 Å². The van der Waals surface area contributed by atoms with Gasteiger partial charge in [0.1, 0.15) is 12.4 Å². The van der Waals surface area contributed by atoms with E-state index in [0.29, 0.717) is 28.7 Å². The van der Waals surface area contributed by atoms with Crippen molar-refractivity contribution >= 4 is 35.1 Å². The van der Waals surface area contributed by atoms with E-state index in [9.17, 15) is 14.4 Å². The number of nitrogens with one attached hydrogen (secondary N) is 2. The Bertz CT molecular complexity index is 884. The van der Waals surface area contributed by atoms with Gasteiger partial charge in [-0.15, -0.1) is 5.10 Å². The Kier molecular flexibility index (Phi) is 6.76. The molecule has 0 aliphatic heterocycles. The summed E-state index contributed by atoms with van der Waals surface area (Å²) < 4.78 is 6.49. The predicted molar refractivity (Wildman–Crippen MR) is 103 cm³/mol. The van der Waals surface area contributed by atoms with Gasteiger partial charge in [0.15, 0.2) is 6.61 Å². The van der Waals surface area contributed by atoms with Crippen molar-refractivity contribution in [3.05, 3.63) is 29.5 Å². The minimum Gasteiger partial charge on any atom is -0.454 e. The molecule has 0 spiro atoms. The van der Waals surface area contributed by atoms with Gasteiger partial charge in [0, 0.05) is 11.9 Å².